The summed E-state index contributed by atoms with van der Waals surface area (Å²) in [5.41, 5.74) is 7.43. The smallest absolute Gasteiger partial charge is 0.237 e. The zero-order valence-corrected chi connectivity index (χ0v) is 17.6. The Morgan fingerprint density at radius 2 is 1.85 bits per heavy atom. The van der Waals surface area contributed by atoms with E-state index in [4.69, 9.17) is 5.73 Å². The van der Waals surface area contributed by atoms with Crippen molar-refractivity contribution in [1.29, 1.82) is 0 Å². The number of amides is 1. The van der Waals surface area contributed by atoms with Gasteiger partial charge in [0.25, 0.3) is 0 Å². The van der Waals surface area contributed by atoms with Gasteiger partial charge < -0.3 is 11.1 Å². The highest BCUT2D eigenvalue weighted by atomic mass is 35.5. The highest BCUT2D eigenvalue weighted by Crippen LogP contribution is 2.29. The van der Waals surface area contributed by atoms with Crippen LogP contribution in [0, 0.1) is 5.41 Å². The monoisotopic (exact) mass is 389 g/mol. The molecule has 1 saturated heterocycles. The van der Waals surface area contributed by atoms with Gasteiger partial charge in [0.2, 0.25) is 5.91 Å². The molecular weight excluding hydrogens is 358 g/mol. The van der Waals surface area contributed by atoms with E-state index in [1.165, 1.54) is 10.8 Å². The fraction of sp³-hybridized carbons (Fsp3) is 0.500. The van der Waals surface area contributed by atoms with Crippen molar-refractivity contribution in [3.05, 3.63) is 48.0 Å². The summed E-state index contributed by atoms with van der Waals surface area (Å²) in [7, 11) is 0. The Morgan fingerprint density at radius 3 is 2.56 bits per heavy atom. The molecule has 0 saturated carbocycles. The molecule has 5 heteroatoms. The first-order valence-corrected chi connectivity index (χ1v) is 9.57. The number of rotatable bonds is 4. The Labute approximate surface area is 168 Å². The fourth-order valence-corrected chi connectivity index (χ4v) is 3.95. The number of nitrogens with one attached hydrogen (secondary N) is 1. The quantitative estimate of drug-likeness (QED) is 0.834. The minimum Gasteiger partial charge on any atom is -0.348 e. The van der Waals surface area contributed by atoms with Crippen LogP contribution in [-0.2, 0) is 4.79 Å². The van der Waals surface area contributed by atoms with Gasteiger partial charge in [-0.15, -0.1) is 12.4 Å². The molecule has 0 aliphatic carbocycles. The van der Waals surface area contributed by atoms with Crippen molar-refractivity contribution in [2.45, 2.75) is 52.2 Å². The lowest BCUT2D eigenvalue weighted by molar-refractivity contribution is -0.127. The zero-order chi connectivity index (χ0) is 18.9. The molecular formula is C22H32ClN3O. The predicted octanol–water partition coefficient (Wildman–Crippen LogP) is 3.89. The number of likely N-dealkylation sites (tertiary alicyclic amines) is 1. The highest BCUT2D eigenvalue weighted by Gasteiger charge is 2.36. The molecule has 3 atom stereocenters. The molecule has 0 radical (unpaired) electrons. The van der Waals surface area contributed by atoms with E-state index in [-0.39, 0.29) is 41.9 Å². The van der Waals surface area contributed by atoms with Gasteiger partial charge in [0.05, 0.1) is 12.1 Å². The first-order valence-electron chi connectivity index (χ1n) is 9.57. The van der Waals surface area contributed by atoms with Gasteiger partial charge >= 0.3 is 0 Å². The lowest BCUT2D eigenvalue weighted by Gasteiger charge is -2.44. The first kappa shape index (κ1) is 21.7. The van der Waals surface area contributed by atoms with Gasteiger partial charge in [-0.2, -0.15) is 0 Å². The molecule has 27 heavy (non-hydrogen) atoms. The second-order valence-electron chi connectivity index (χ2n) is 8.33. The second kappa shape index (κ2) is 8.59. The number of nitrogens with two attached hydrogens (primary N) is 1. The van der Waals surface area contributed by atoms with Crippen molar-refractivity contribution in [2.24, 2.45) is 11.1 Å². The molecule has 2 aromatic rings. The topological polar surface area (TPSA) is 58.4 Å². The number of carbonyl (C=O) groups is 1. The molecule has 0 spiro atoms. The molecule has 3 unspecified atom stereocenters. The Morgan fingerprint density at radius 1 is 1.19 bits per heavy atom. The minimum atomic E-state index is -0.154. The number of halogens is 1. The molecule has 0 bridgehead atoms. The van der Waals surface area contributed by atoms with Gasteiger partial charge in [0, 0.05) is 19.1 Å². The van der Waals surface area contributed by atoms with Crippen molar-refractivity contribution < 1.29 is 4.79 Å². The van der Waals surface area contributed by atoms with Crippen LogP contribution >= 0.6 is 12.4 Å². The van der Waals surface area contributed by atoms with Crippen LogP contribution in [-0.4, -0.2) is 36.0 Å². The summed E-state index contributed by atoms with van der Waals surface area (Å²) in [5, 5.41) is 5.61. The summed E-state index contributed by atoms with van der Waals surface area (Å²) in [4.78, 5) is 15.1. The summed E-state index contributed by atoms with van der Waals surface area (Å²) in [5.74, 6) is 0.0803. The van der Waals surface area contributed by atoms with Gasteiger partial charge in [-0.1, -0.05) is 56.3 Å². The van der Waals surface area contributed by atoms with Crippen molar-refractivity contribution in [1.82, 2.24) is 10.2 Å². The van der Waals surface area contributed by atoms with Gasteiger partial charge in [-0.3, -0.25) is 9.69 Å². The predicted molar refractivity (Wildman–Crippen MR) is 115 cm³/mol. The number of nitrogens with zero attached hydrogens (tertiary/aromatic N) is 1. The third-order valence-electron chi connectivity index (χ3n) is 5.92. The maximum absolute atomic E-state index is 12.9. The minimum absolute atomic E-state index is 0. The van der Waals surface area contributed by atoms with E-state index >= 15 is 0 Å². The molecule has 3 rings (SSSR count). The van der Waals surface area contributed by atoms with Crippen molar-refractivity contribution >= 4 is 29.1 Å². The summed E-state index contributed by atoms with van der Waals surface area (Å²) in [6, 6.07) is 14.6. The van der Waals surface area contributed by atoms with Crippen LogP contribution in [0.5, 0.6) is 0 Å². The number of hydrogen-bond donors (Lipinski definition) is 2. The average molecular weight is 390 g/mol. The van der Waals surface area contributed by atoms with E-state index in [2.05, 4.69) is 61.3 Å². The Kier molecular flexibility index (Phi) is 6.90. The van der Waals surface area contributed by atoms with Crippen LogP contribution in [0.25, 0.3) is 10.8 Å². The highest BCUT2D eigenvalue weighted by molar-refractivity contribution is 5.87. The third kappa shape index (κ3) is 4.63. The summed E-state index contributed by atoms with van der Waals surface area (Å²) < 4.78 is 0. The normalized spacial score (nSPS) is 21.9. The fourth-order valence-electron chi connectivity index (χ4n) is 3.95. The van der Waals surface area contributed by atoms with Crippen LogP contribution in [0.1, 0.15) is 45.7 Å². The van der Waals surface area contributed by atoms with Crippen LogP contribution in [0.15, 0.2) is 42.5 Å². The van der Waals surface area contributed by atoms with E-state index in [1.807, 2.05) is 19.1 Å². The maximum Gasteiger partial charge on any atom is 0.237 e. The molecule has 1 heterocycles. The zero-order valence-electron chi connectivity index (χ0n) is 16.7. The van der Waals surface area contributed by atoms with Crippen LogP contribution in [0.2, 0.25) is 0 Å². The number of piperidine rings is 1. The number of benzene rings is 2. The summed E-state index contributed by atoms with van der Waals surface area (Å²) in [6.45, 7) is 10.2. The molecule has 4 nitrogen and oxygen atoms in total. The van der Waals surface area contributed by atoms with Crippen LogP contribution < -0.4 is 11.1 Å². The standard InChI is InChI=1S/C22H31N3O.ClH/c1-15(18-11-7-9-17-8-5-6-10-19(17)18)24-21(26)16(2)25-13-12-20(23)22(3,4)14-25;/h5-11,15-16,20H,12-14,23H2,1-4H3,(H,24,26);1H. The van der Waals surface area contributed by atoms with Gasteiger partial charge in [0.15, 0.2) is 0 Å². The molecule has 0 aromatic heterocycles. The molecule has 1 amide bonds. The maximum atomic E-state index is 12.9. The van der Waals surface area contributed by atoms with E-state index in [9.17, 15) is 4.79 Å². The Bertz CT molecular complexity index is 787. The van der Waals surface area contributed by atoms with Crippen LogP contribution in [0.4, 0.5) is 0 Å². The molecule has 1 aliphatic heterocycles. The molecule has 148 valence electrons. The molecule has 3 N–H and O–H groups in total. The van der Waals surface area contributed by atoms with Gasteiger partial charge in [0.1, 0.15) is 0 Å². The lowest BCUT2D eigenvalue weighted by atomic mass is 9.79. The molecule has 1 fully saturated rings. The van der Waals surface area contributed by atoms with Crippen molar-refractivity contribution in [3.8, 4) is 0 Å². The SMILES string of the molecule is CC(NC(=O)C(C)N1CCC(N)C(C)(C)C1)c1cccc2ccccc12.Cl. The number of carbonyl (C=O) groups excluding carboxylic acids is 1. The summed E-state index contributed by atoms with van der Waals surface area (Å²) in [6.07, 6.45) is 0.934. The number of fused-ring (bicyclic) bond motifs is 1. The third-order valence-corrected chi connectivity index (χ3v) is 5.92. The molecule has 1 aliphatic rings. The number of hydrogen-bond acceptors (Lipinski definition) is 3. The first-order chi connectivity index (χ1) is 12.3. The van der Waals surface area contributed by atoms with Crippen LogP contribution in [0.3, 0.4) is 0 Å². The Hall–Kier alpha value is -1.62. The summed E-state index contributed by atoms with van der Waals surface area (Å²) >= 11 is 0. The van der Waals surface area contributed by atoms with E-state index < -0.39 is 0 Å². The van der Waals surface area contributed by atoms with E-state index in [0.717, 1.165) is 25.1 Å². The van der Waals surface area contributed by atoms with Gasteiger partial charge in [-0.25, -0.2) is 0 Å². The van der Waals surface area contributed by atoms with E-state index in [0.29, 0.717) is 0 Å². The largest absolute Gasteiger partial charge is 0.348 e. The van der Waals surface area contributed by atoms with Crippen molar-refractivity contribution in [3.63, 3.8) is 0 Å². The van der Waals surface area contributed by atoms with E-state index in [1.54, 1.807) is 0 Å². The Balaban J connectivity index is 0.00000261. The molecule has 2 aromatic carbocycles. The lowest BCUT2D eigenvalue weighted by Crippen LogP contribution is -2.57. The second-order valence-corrected chi connectivity index (χ2v) is 8.33. The van der Waals surface area contributed by atoms with Crippen molar-refractivity contribution in [2.75, 3.05) is 13.1 Å². The average Bonchev–Trinajstić information content (AvgIpc) is 2.62. The van der Waals surface area contributed by atoms with Gasteiger partial charge in [-0.05, 0) is 42.0 Å².